The largest absolute Gasteiger partial charge is 0.468 e. The molecule has 0 saturated heterocycles. The van der Waals surface area contributed by atoms with Crippen molar-refractivity contribution in [3.8, 4) is 0 Å². The molecule has 1 aromatic carbocycles. The molecule has 1 unspecified atom stereocenters. The minimum Gasteiger partial charge on any atom is -0.468 e. The van der Waals surface area contributed by atoms with Crippen molar-refractivity contribution in [2.45, 2.75) is 46.0 Å². The number of ketones is 1. The molecule has 1 aliphatic carbocycles. The molecular weight excluding hydrogens is 414 g/mol. The molecule has 1 amide bonds. The van der Waals surface area contributed by atoms with E-state index in [1.54, 1.807) is 12.3 Å². The van der Waals surface area contributed by atoms with Crippen LogP contribution in [0.4, 0.5) is 0 Å². The van der Waals surface area contributed by atoms with Crippen molar-refractivity contribution in [3.63, 3.8) is 0 Å². The van der Waals surface area contributed by atoms with E-state index in [4.69, 9.17) is 4.42 Å². The number of furan rings is 1. The van der Waals surface area contributed by atoms with Crippen molar-refractivity contribution in [2.75, 3.05) is 6.54 Å². The van der Waals surface area contributed by atoms with Crippen LogP contribution in [0.3, 0.4) is 0 Å². The number of carbonyl (C=O) groups excluding carboxylic acids is 2. The molecule has 3 N–H and O–H groups in total. The average molecular weight is 444 g/mol. The van der Waals surface area contributed by atoms with Crippen LogP contribution in [0.5, 0.6) is 0 Å². The first-order chi connectivity index (χ1) is 15.8. The van der Waals surface area contributed by atoms with E-state index in [1.807, 2.05) is 37.4 Å². The second kappa shape index (κ2) is 8.10. The maximum absolute atomic E-state index is 13.4. The maximum atomic E-state index is 13.4. The Hall–Kier alpha value is -3.54. The summed E-state index contributed by atoms with van der Waals surface area (Å²) < 4.78 is 5.73. The summed E-state index contributed by atoms with van der Waals surface area (Å²) in [5, 5.41) is 7.63. The predicted octanol–water partition coefficient (Wildman–Crippen LogP) is 4.72. The lowest BCUT2D eigenvalue weighted by molar-refractivity contribution is -0.118. The summed E-state index contributed by atoms with van der Waals surface area (Å²) in [6.07, 6.45) is 5.52. The number of nitrogens with one attached hydrogen (secondary N) is 3. The summed E-state index contributed by atoms with van der Waals surface area (Å²) in [5.41, 5.74) is 5.03. The van der Waals surface area contributed by atoms with Crippen LogP contribution in [0.15, 0.2) is 75.8 Å². The number of fused-ring (bicyclic) bond motifs is 1. The van der Waals surface area contributed by atoms with E-state index >= 15 is 0 Å². The molecule has 1 atom stereocenters. The molecule has 6 heteroatoms. The molecule has 1 aliphatic heterocycles. The number of benzene rings is 1. The van der Waals surface area contributed by atoms with E-state index < -0.39 is 5.92 Å². The lowest BCUT2D eigenvalue weighted by atomic mass is 9.69. The number of dihydropyridines is 1. The third-order valence-corrected chi connectivity index (χ3v) is 6.67. The molecule has 0 saturated carbocycles. The second-order valence-corrected chi connectivity index (χ2v) is 9.81. The minimum atomic E-state index is -0.493. The molecule has 0 fully saturated rings. The van der Waals surface area contributed by atoms with Crippen molar-refractivity contribution in [3.05, 3.63) is 82.7 Å². The van der Waals surface area contributed by atoms with Gasteiger partial charge in [-0.05, 0) is 48.9 Å². The zero-order valence-corrected chi connectivity index (χ0v) is 19.2. The van der Waals surface area contributed by atoms with Gasteiger partial charge in [0.05, 0.1) is 17.8 Å². The first-order valence-electron chi connectivity index (χ1n) is 11.4. The Morgan fingerprint density at radius 3 is 2.79 bits per heavy atom. The standard InChI is InChI=1S/C27H29N3O3/c1-16-23(26(32)28-11-10-17-15-29-19-8-5-4-7-18(17)19)25(22-9-6-12-33-22)24-20(30-16)13-27(2,3)14-21(24)31/h4-9,12,15,25,29-30H,10-11,13-14H2,1-3H3,(H,28,32). The number of carbonyl (C=O) groups is 2. The number of hydrogen-bond acceptors (Lipinski definition) is 4. The van der Waals surface area contributed by atoms with Gasteiger partial charge in [-0.25, -0.2) is 0 Å². The average Bonchev–Trinajstić information content (AvgIpc) is 3.42. The number of H-pyrrole nitrogens is 1. The number of amides is 1. The zero-order valence-electron chi connectivity index (χ0n) is 19.2. The Balaban J connectivity index is 1.40. The van der Waals surface area contributed by atoms with Crippen LogP contribution in [0.25, 0.3) is 10.9 Å². The Labute approximate surface area is 193 Å². The predicted molar refractivity (Wildman–Crippen MR) is 127 cm³/mol. The summed E-state index contributed by atoms with van der Waals surface area (Å²) in [5.74, 6) is 0.0308. The number of allylic oxidation sites excluding steroid dienone is 3. The van der Waals surface area contributed by atoms with Gasteiger partial charge in [-0.1, -0.05) is 32.0 Å². The number of rotatable bonds is 5. The van der Waals surface area contributed by atoms with E-state index in [-0.39, 0.29) is 17.1 Å². The Morgan fingerprint density at radius 1 is 1.18 bits per heavy atom. The molecule has 0 radical (unpaired) electrons. The Kier molecular flexibility index (Phi) is 5.23. The van der Waals surface area contributed by atoms with Crippen molar-refractivity contribution in [2.24, 2.45) is 5.41 Å². The monoisotopic (exact) mass is 443 g/mol. The maximum Gasteiger partial charge on any atom is 0.250 e. The van der Waals surface area contributed by atoms with Crippen LogP contribution in [0.1, 0.15) is 50.9 Å². The van der Waals surface area contributed by atoms with E-state index in [9.17, 15) is 9.59 Å². The highest BCUT2D eigenvalue weighted by Crippen LogP contribution is 2.46. The summed E-state index contributed by atoms with van der Waals surface area (Å²) in [4.78, 5) is 29.9. The highest BCUT2D eigenvalue weighted by molar-refractivity contribution is 6.05. The van der Waals surface area contributed by atoms with Crippen molar-refractivity contribution < 1.29 is 14.0 Å². The highest BCUT2D eigenvalue weighted by Gasteiger charge is 2.43. The molecular formula is C27H29N3O3. The van der Waals surface area contributed by atoms with E-state index in [0.717, 1.165) is 28.9 Å². The lowest BCUT2D eigenvalue weighted by Gasteiger charge is -2.38. The smallest absolute Gasteiger partial charge is 0.250 e. The summed E-state index contributed by atoms with van der Waals surface area (Å²) in [6, 6.07) is 11.8. The van der Waals surface area contributed by atoms with E-state index in [0.29, 0.717) is 36.3 Å². The molecule has 33 heavy (non-hydrogen) atoms. The topological polar surface area (TPSA) is 87.1 Å². The van der Waals surface area contributed by atoms with Gasteiger partial charge in [-0.15, -0.1) is 0 Å². The quantitative estimate of drug-likeness (QED) is 0.532. The van der Waals surface area contributed by atoms with Crippen LogP contribution in [-0.2, 0) is 16.0 Å². The van der Waals surface area contributed by atoms with Gasteiger partial charge in [0.2, 0.25) is 5.91 Å². The molecule has 2 aliphatic rings. The van der Waals surface area contributed by atoms with Crippen LogP contribution in [0.2, 0.25) is 0 Å². The van der Waals surface area contributed by atoms with Gasteiger partial charge >= 0.3 is 0 Å². The number of aromatic amines is 1. The van der Waals surface area contributed by atoms with E-state index in [1.165, 1.54) is 5.39 Å². The number of para-hydroxylation sites is 1. The van der Waals surface area contributed by atoms with Gasteiger partial charge in [0, 0.05) is 47.0 Å². The fourth-order valence-electron chi connectivity index (χ4n) is 5.22. The molecule has 2 aromatic heterocycles. The third-order valence-electron chi connectivity index (χ3n) is 6.67. The summed E-state index contributed by atoms with van der Waals surface area (Å²) in [7, 11) is 0. The highest BCUT2D eigenvalue weighted by atomic mass is 16.3. The van der Waals surface area contributed by atoms with Crippen LogP contribution >= 0.6 is 0 Å². The molecule has 0 bridgehead atoms. The van der Waals surface area contributed by atoms with E-state index in [2.05, 4.69) is 35.5 Å². The molecule has 3 aromatic rings. The van der Waals surface area contributed by atoms with Crippen LogP contribution in [-0.4, -0.2) is 23.2 Å². The SMILES string of the molecule is CC1=C(C(=O)NCCc2c[nH]c3ccccc23)C(c2ccco2)C2=C(CC(C)(C)CC2=O)N1. The normalized spacial score (nSPS) is 20.1. The lowest BCUT2D eigenvalue weighted by Crippen LogP contribution is -2.40. The van der Waals surface area contributed by atoms with Crippen LogP contribution in [0, 0.1) is 5.41 Å². The van der Waals surface area contributed by atoms with Crippen LogP contribution < -0.4 is 10.6 Å². The number of Topliss-reactive ketones (excluding diaryl/α,β-unsaturated/α-hetero) is 1. The summed E-state index contributed by atoms with van der Waals surface area (Å²) in [6.45, 7) is 6.60. The Bertz CT molecular complexity index is 1290. The van der Waals surface area contributed by atoms with Crippen molar-refractivity contribution in [1.82, 2.24) is 15.6 Å². The van der Waals surface area contributed by atoms with Gasteiger partial charge < -0.3 is 20.0 Å². The van der Waals surface area contributed by atoms with Crippen molar-refractivity contribution >= 4 is 22.6 Å². The Morgan fingerprint density at radius 2 is 2.00 bits per heavy atom. The van der Waals surface area contributed by atoms with Gasteiger partial charge in [0.1, 0.15) is 5.76 Å². The van der Waals surface area contributed by atoms with Crippen molar-refractivity contribution in [1.29, 1.82) is 0 Å². The molecule has 6 nitrogen and oxygen atoms in total. The van der Waals surface area contributed by atoms with Gasteiger partial charge in [-0.3, -0.25) is 9.59 Å². The van der Waals surface area contributed by atoms with Gasteiger partial charge in [0.15, 0.2) is 5.78 Å². The number of hydrogen-bond donors (Lipinski definition) is 3. The molecule has 5 rings (SSSR count). The zero-order chi connectivity index (χ0) is 23.2. The fraction of sp³-hybridized carbons (Fsp3) is 0.333. The minimum absolute atomic E-state index is 0.0757. The first-order valence-corrected chi connectivity index (χ1v) is 11.4. The molecule has 170 valence electrons. The molecule has 0 spiro atoms. The number of aromatic nitrogens is 1. The fourth-order valence-corrected chi connectivity index (χ4v) is 5.22. The second-order valence-electron chi connectivity index (χ2n) is 9.81. The van der Waals surface area contributed by atoms with Gasteiger partial charge in [-0.2, -0.15) is 0 Å². The van der Waals surface area contributed by atoms with Gasteiger partial charge in [0.25, 0.3) is 0 Å². The first kappa shape index (κ1) is 21.3. The third kappa shape index (κ3) is 3.90. The molecule has 3 heterocycles. The summed E-state index contributed by atoms with van der Waals surface area (Å²) >= 11 is 0.